The first-order valence-corrected chi connectivity index (χ1v) is 7.64. The molecule has 0 aliphatic heterocycles. The molecular formula is C16H17FN2OS. The van der Waals surface area contributed by atoms with E-state index in [4.69, 9.17) is 0 Å². The van der Waals surface area contributed by atoms with E-state index in [1.165, 1.54) is 22.7 Å². The number of thioether (sulfide) groups is 1. The molecule has 2 aromatic rings. The lowest BCUT2D eigenvalue weighted by molar-refractivity contribution is -0.117. The fraction of sp³-hybridized carbons (Fsp3) is 0.250. The molecule has 3 nitrogen and oxygen atoms in total. The molecule has 2 rings (SSSR count). The first kappa shape index (κ1) is 15.5. The first-order valence-electron chi connectivity index (χ1n) is 6.65. The van der Waals surface area contributed by atoms with Gasteiger partial charge in [-0.05, 0) is 31.2 Å². The van der Waals surface area contributed by atoms with Gasteiger partial charge in [-0.3, -0.25) is 9.69 Å². The third-order valence-corrected chi connectivity index (χ3v) is 4.05. The van der Waals surface area contributed by atoms with Crippen molar-refractivity contribution < 1.29 is 9.18 Å². The lowest BCUT2D eigenvalue weighted by atomic mass is 10.3. The van der Waals surface area contributed by atoms with Crippen molar-refractivity contribution >= 4 is 23.5 Å². The van der Waals surface area contributed by atoms with Crippen LogP contribution < -0.4 is 4.90 Å². The molecule has 0 spiro atoms. The number of hydrogen-bond acceptors (Lipinski definition) is 3. The normalized spacial score (nSPS) is 10.4. The zero-order chi connectivity index (χ0) is 15.2. The van der Waals surface area contributed by atoms with E-state index in [0.717, 1.165) is 5.69 Å². The predicted octanol–water partition coefficient (Wildman–Crippen LogP) is 3.67. The standard InChI is InChI=1S/C16H17FN2OS/c1-12-6-5-9-15(18-12)19(2)16(20)10-11-21-14-8-4-3-7-13(14)17/h3-9H,10-11H2,1-2H3. The van der Waals surface area contributed by atoms with Gasteiger partial charge in [0.1, 0.15) is 11.6 Å². The molecule has 1 heterocycles. The highest BCUT2D eigenvalue weighted by Crippen LogP contribution is 2.22. The van der Waals surface area contributed by atoms with Crippen molar-refractivity contribution in [2.75, 3.05) is 17.7 Å². The number of aromatic nitrogens is 1. The second-order valence-electron chi connectivity index (χ2n) is 4.62. The minimum atomic E-state index is -0.247. The van der Waals surface area contributed by atoms with Crippen molar-refractivity contribution in [1.29, 1.82) is 0 Å². The fourth-order valence-corrected chi connectivity index (χ4v) is 2.70. The van der Waals surface area contributed by atoms with Crippen LogP contribution in [0.3, 0.4) is 0 Å². The predicted molar refractivity (Wildman–Crippen MR) is 84.1 cm³/mol. The van der Waals surface area contributed by atoms with Crippen molar-refractivity contribution in [2.24, 2.45) is 0 Å². The van der Waals surface area contributed by atoms with Gasteiger partial charge in [-0.2, -0.15) is 0 Å². The maximum atomic E-state index is 13.5. The van der Waals surface area contributed by atoms with Crippen LogP contribution in [0, 0.1) is 12.7 Å². The van der Waals surface area contributed by atoms with Crippen LogP contribution in [0.25, 0.3) is 0 Å². The SMILES string of the molecule is Cc1cccc(N(C)C(=O)CCSc2ccccc2F)n1. The number of aryl methyl sites for hydroxylation is 1. The highest BCUT2D eigenvalue weighted by atomic mass is 32.2. The Morgan fingerprint density at radius 2 is 2.00 bits per heavy atom. The number of pyridine rings is 1. The second-order valence-corrected chi connectivity index (χ2v) is 5.76. The smallest absolute Gasteiger partial charge is 0.228 e. The first-order chi connectivity index (χ1) is 10.1. The molecule has 0 saturated carbocycles. The van der Waals surface area contributed by atoms with Crippen molar-refractivity contribution in [3.63, 3.8) is 0 Å². The van der Waals surface area contributed by atoms with Gasteiger partial charge < -0.3 is 0 Å². The second kappa shape index (κ2) is 7.22. The molecule has 0 unspecified atom stereocenters. The Kier molecular flexibility index (Phi) is 5.33. The molecule has 21 heavy (non-hydrogen) atoms. The molecule has 0 fully saturated rings. The summed E-state index contributed by atoms with van der Waals surface area (Å²) in [5, 5.41) is 0. The van der Waals surface area contributed by atoms with Crippen LogP contribution in [-0.4, -0.2) is 23.7 Å². The number of carbonyl (C=O) groups excluding carboxylic acids is 1. The van der Waals surface area contributed by atoms with Gasteiger partial charge in [0.25, 0.3) is 0 Å². The van der Waals surface area contributed by atoms with Gasteiger partial charge >= 0.3 is 0 Å². The van der Waals surface area contributed by atoms with Crippen LogP contribution in [0.4, 0.5) is 10.2 Å². The molecule has 0 radical (unpaired) electrons. The molecule has 0 atom stereocenters. The topological polar surface area (TPSA) is 33.2 Å². The van der Waals surface area contributed by atoms with Crippen LogP contribution in [0.2, 0.25) is 0 Å². The lowest BCUT2D eigenvalue weighted by Crippen LogP contribution is -2.27. The van der Waals surface area contributed by atoms with Gasteiger partial charge in [0.15, 0.2) is 0 Å². The third kappa shape index (κ3) is 4.29. The molecule has 0 bridgehead atoms. The number of carbonyl (C=O) groups is 1. The maximum Gasteiger partial charge on any atom is 0.228 e. The number of nitrogens with zero attached hydrogens (tertiary/aromatic N) is 2. The summed E-state index contributed by atoms with van der Waals surface area (Å²) < 4.78 is 13.5. The van der Waals surface area contributed by atoms with Gasteiger partial charge in [0.05, 0.1) is 0 Å². The van der Waals surface area contributed by atoms with E-state index in [-0.39, 0.29) is 11.7 Å². The minimum Gasteiger partial charge on any atom is -0.300 e. The number of rotatable bonds is 5. The van der Waals surface area contributed by atoms with E-state index >= 15 is 0 Å². The largest absolute Gasteiger partial charge is 0.300 e. The van der Waals surface area contributed by atoms with Crippen LogP contribution in [-0.2, 0) is 4.79 Å². The quantitative estimate of drug-likeness (QED) is 0.790. The summed E-state index contributed by atoms with van der Waals surface area (Å²) in [4.78, 5) is 18.5. The summed E-state index contributed by atoms with van der Waals surface area (Å²) in [6, 6.07) is 12.1. The van der Waals surface area contributed by atoms with E-state index in [2.05, 4.69) is 4.98 Å². The lowest BCUT2D eigenvalue weighted by Gasteiger charge is -2.16. The van der Waals surface area contributed by atoms with Crippen LogP contribution in [0.1, 0.15) is 12.1 Å². The van der Waals surface area contributed by atoms with Gasteiger partial charge in [0, 0.05) is 29.8 Å². The maximum absolute atomic E-state index is 13.5. The minimum absolute atomic E-state index is 0.0306. The monoisotopic (exact) mass is 304 g/mol. The summed E-state index contributed by atoms with van der Waals surface area (Å²) in [6.45, 7) is 1.88. The number of halogens is 1. The fourth-order valence-electron chi connectivity index (χ4n) is 1.82. The Bertz CT molecular complexity index is 633. The van der Waals surface area contributed by atoms with Crippen molar-refractivity contribution in [3.8, 4) is 0 Å². The number of amides is 1. The summed E-state index contributed by atoms with van der Waals surface area (Å²) >= 11 is 1.35. The summed E-state index contributed by atoms with van der Waals surface area (Å²) in [5.74, 6) is 0.895. The molecule has 1 amide bonds. The average molecular weight is 304 g/mol. The average Bonchev–Trinajstić information content (AvgIpc) is 2.48. The summed E-state index contributed by atoms with van der Waals surface area (Å²) in [7, 11) is 1.71. The Balaban J connectivity index is 1.89. The van der Waals surface area contributed by atoms with E-state index in [1.807, 2.05) is 19.1 Å². The number of benzene rings is 1. The van der Waals surface area contributed by atoms with E-state index in [9.17, 15) is 9.18 Å². The zero-order valence-electron chi connectivity index (χ0n) is 12.0. The third-order valence-electron chi connectivity index (χ3n) is 3.00. The van der Waals surface area contributed by atoms with E-state index in [0.29, 0.717) is 22.9 Å². The van der Waals surface area contributed by atoms with E-state index in [1.54, 1.807) is 31.3 Å². The Hall–Kier alpha value is -1.88. The van der Waals surface area contributed by atoms with Crippen molar-refractivity contribution in [2.45, 2.75) is 18.2 Å². The number of hydrogen-bond donors (Lipinski definition) is 0. The van der Waals surface area contributed by atoms with Gasteiger partial charge in [0.2, 0.25) is 5.91 Å². The highest BCUT2D eigenvalue weighted by molar-refractivity contribution is 7.99. The van der Waals surface area contributed by atoms with Gasteiger partial charge in [-0.25, -0.2) is 9.37 Å². The molecule has 0 saturated heterocycles. The Morgan fingerprint density at radius 3 is 2.71 bits per heavy atom. The van der Waals surface area contributed by atoms with Crippen molar-refractivity contribution in [1.82, 2.24) is 4.98 Å². The molecule has 0 aliphatic rings. The summed E-state index contributed by atoms with van der Waals surface area (Å²) in [6.07, 6.45) is 0.338. The molecule has 0 aliphatic carbocycles. The Labute approximate surface area is 128 Å². The van der Waals surface area contributed by atoms with Crippen LogP contribution >= 0.6 is 11.8 Å². The number of anilines is 1. The van der Waals surface area contributed by atoms with Gasteiger partial charge in [-0.1, -0.05) is 18.2 Å². The molecular weight excluding hydrogens is 287 g/mol. The molecule has 1 aromatic carbocycles. The van der Waals surface area contributed by atoms with Gasteiger partial charge in [-0.15, -0.1) is 11.8 Å². The molecule has 110 valence electrons. The highest BCUT2D eigenvalue weighted by Gasteiger charge is 2.12. The zero-order valence-corrected chi connectivity index (χ0v) is 12.9. The van der Waals surface area contributed by atoms with Crippen LogP contribution in [0.5, 0.6) is 0 Å². The van der Waals surface area contributed by atoms with Crippen molar-refractivity contribution in [3.05, 3.63) is 54.0 Å². The van der Waals surface area contributed by atoms with Crippen LogP contribution in [0.15, 0.2) is 47.4 Å². The molecule has 5 heteroatoms. The molecule has 1 aromatic heterocycles. The van der Waals surface area contributed by atoms with E-state index < -0.39 is 0 Å². The summed E-state index contributed by atoms with van der Waals surface area (Å²) in [5.41, 5.74) is 0.868. The molecule has 0 N–H and O–H groups in total. The Morgan fingerprint density at radius 1 is 1.24 bits per heavy atom.